The maximum atomic E-state index is 8.91. The van der Waals surface area contributed by atoms with Crippen LogP contribution in [0.4, 0.5) is 5.69 Å². The van der Waals surface area contributed by atoms with Gasteiger partial charge in [0.2, 0.25) is 0 Å². The van der Waals surface area contributed by atoms with Crippen LogP contribution >= 0.6 is 0 Å². The molecule has 0 radical (unpaired) electrons. The fourth-order valence-electron chi connectivity index (χ4n) is 2.73. The Morgan fingerprint density at radius 3 is 2.89 bits per heavy atom. The van der Waals surface area contributed by atoms with E-state index < -0.39 is 0 Å². The van der Waals surface area contributed by atoms with Gasteiger partial charge in [0.05, 0.1) is 5.69 Å². The molecule has 0 amide bonds. The van der Waals surface area contributed by atoms with Crippen molar-refractivity contribution in [3.05, 3.63) is 29.3 Å². The highest BCUT2D eigenvalue weighted by molar-refractivity contribution is 6.02. The summed E-state index contributed by atoms with van der Waals surface area (Å²) < 4.78 is 0. The molecular weight excluding hydrogens is 226 g/mol. The van der Waals surface area contributed by atoms with Gasteiger partial charge in [-0.15, -0.1) is 0 Å². The van der Waals surface area contributed by atoms with Crippen molar-refractivity contribution in [3.8, 4) is 0 Å². The summed E-state index contributed by atoms with van der Waals surface area (Å²) in [6.45, 7) is 5.35. The minimum Gasteiger partial charge on any atom is -0.409 e. The molecule has 0 aromatic heterocycles. The lowest BCUT2D eigenvalue weighted by Gasteiger charge is -2.37. The highest BCUT2D eigenvalue weighted by atomic mass is 16.4. The number of aryl methyl sites for hydroxylation is 1. The molecule has 1 aromatic carbocycles. The predicted octanol–water partition coefficient (Wildman–Crippen LogP) is 2.47. The Morgan fingerprint density at radius 2 is 2.22 bits per heavy atom. The Balaban J connectivity index is 2.47. The third-order valence-electron chi connectivity index (χ3n) is 3.71. The quantitative estimate of drug-likeness (QED) is 0.365. The highest BCUT2D eigenvalue weighted by Gasteiger charge is 2.23. The van der Waals surface area contributed by atoms with Gasteiger partial charge in [-0.2, -0.15) is 0 Å². The van der Waals surface area contributed by atoms with Crippen molar-refractivity contribution in [1.82, 2.24) is 0 Å². The molecule has 0 saturated carbocycles. The number of hydrogen-bond acceptors (Lipinski definition) is 3. The lowest BCUT2D eigenvalue weighted by molar-refractivity contribution is 0.318. The van der Waals surface area contributed by atoms with E-state index in [-0.39, 0.29) is 5.84 Å². The molecule has 1 fully saturated rings. The Bertz CT molecular complexity index is 456. The van der Waals surface area contributed by atoms with Crippen LogP contribution in [-0.2, 0) is 0 Å². The zero-order valence-electron chi connectivity index (χ0n) is 11.1. The van der Waals surface area contributed by atoms with E-state index in [1.807, 2.05) is 12.1 Å². The van der Waals surface area contributed by atoms with E-state index in [9.17, 15) is 0 Å². The van der Waals surface area contributed by atoms with Gasteiger partial charge in [-0.05, 0) is 44.7 Å². The molecule has 1 unspecified atom stereocenters. The lowest BCUT2D eigenvalue weighted by atomic mass is 9.98. The van der Waals surface area contributed by atoms with E-state index in [1.165, 1.54) is 24.8 Å². The minimum absolute atomic E-state index is 0.187. The average Bonchev–Trinajstić information content (AvgIpc) is 2.39. The molecule has 4 nitrogen and oxygen atoms in total. The second-order valence-corrected chi connectivity index (χ2v) is 4.99. The summed E-state index contributed by atoms with van der Waals surface area (Å²) in [6.07, 6.45) is 3.68. The third-order valence-corrected chi connectivity index (χ3v) is 3.71. The van der Waals surface area contributed by atoms with E-state index in [0.29, 0.717) is 6.04 Å². The van der Waals surface area contributed by atoms with Gasteiger partial charge in [0.25, 0.3) is 0 Å². The Morgan fingerprint density at radius 1 is 1.44 bits per heavy atom. The van der Waals surface area contributed by atoms with Crippen LogP contribution in [0.15, 0.2) is 23.4 Å². The number of nitrogens with two attached hydrogens (primary N) is 1. The molecular formula is C14H21N3O. The molecule has 1 saturated heterocycles. The van der Waals surface area contributed by atoms with Gasteiger partial charge in [-0.25, -0.2) is 0 Å². The van der Waals surface area contributed by atoms with Crippen molar-refractivity contribution in [1.29, 1.82) is 0 Å². The summed E-state index contributed by atoms with van der Waals surface area (Å²) in [4.78, 5) is 2.38. The zero-order valence-corrected chi connectivity index (χ0v) is 11.1. The maximum absolute atomic E-state index is 8.91. The first kappa shape index (κ1) is 12.7. The first-order chi connectivity index (χ1) is 8.65. The van der Waals surface area contributed by atoms with Crippen molar-refractivity contribution >= 4 is 11.5 Å². The van der Waals surface area contributed by atoms with E-state index in [4.69, 9.17) is 10.9 Å². The van der Waals surface area contributed by atoms with Crippen molar-refractivity contribution in [2.45, 2.75) is 39.2 Å². The second-order valence-electron chi connectivity index (χ2n) is 4.99. The van der Waals surface area contributed by atoms with Gasteiger partial charge in [-0.3, -0.25) is 0 Å². The monoisotopic (exact) mass is 247 g/mol. The SMILES string of the molecule is Cc1cccc(/C(N)=N/O)c1N1CCCCC1C. The van der Waals surface area contributed by atoms with Crippen LogP contribution in [0, 0.1) is 6.92 Å². The molecule has 0 bridgehead atoms. The van der Waals surface area contributed by atoms with Gasteiger partial charge >= 0.3 is 0 Å². The second kappa shape index (κ2) is 5.29. The molecule has 3 N–H and O–H groups in total. The van der Waals surface area contributed by atoms with Crippen molar-refractivity contribution < 1.29 is 5.21 Å². The van der Waals surface area contributed by atoms with Crippen molar-refractivity contribution in [2.75, 3.05) is 11.4 Å². The number of benzene rings is 1. The largest absolute Gasteiger partial charge is 0.409 e. The predicted molar refractivity (Wildman–Crippen MR) is 74.3 cm³/mol. The lowest BCUT2D eigenvalue weighted by Crippen LogP contribution is -2.39. The van der Waals surface area contributed by atoms with E-state index in [0.717, 1.165) is 17.8 Å². The van der Waals surface area contributed by atoms with Gasteiger partial charge in [0, 0.05) is 18.2 Å². The summed E-state index contributed by atoms with van der Waals surface area (Å²) in [5.74, 6) is 0.187. The number of nitrogens with zero attached hydrogens (tertiary/aromatic N) is 2. The average molecular weight is 247 g/mol. The van der Waals surface area contributed by atoms with Gasteiger partial charge in [0.1, 0.15) is 0 Å². The molecule has 1 aromatic rings. The first-order valence-electron chi connectivity index (χ1n) is 6.49. The van der Waals surface area contributed by atoms with Gasteiger partial charge in [-0.1, -0.05) is 17.3 Å². The molecule has 98 valence electrons. The van der Waals surface area contributed by atoms with Gasteiger partial charge in [0.15, 0.2) is 5.84 Å². The summed E-state index contributed by atoms with van der Waals surface area (Å²) in [5.41, 5.74) is 8.90. The summed E-state index contributed by atoms with van der Waals surface area (Å²) in [7, 11) is 0. The smallest absolute Gasteiger partial charge is 0.172 e. The molecule has 0 spiro atoms. The van der Waals surface area contributed by atoms with E-state index in [2.05, 4.69) is 30.0 Å². The zero-order chi connectivity index (χ0) is 13.1. The maximum Gasteiger partial charge on any atom is 0.172 e. The van der Waals surface area contributed by atoms with Crippen LogP contribution in [0.3, 0.4) is 0 Å². The molecule has 0 aliphatic carbocycles. The number of para-hydroxylation sites is 1. The molecule has 4 heteroatoms. The fourth-order valence-corrected chi connectivity index (χ4v) is 2.73. The molecule has 1 atom stereocenters. The van der Waals surface area contributed by atoms with E-state index >= 15 is 0 Å². The minimum atomic E-state index is 0.187. The molecule has 2 rings (SSSR count). The topological polar surface area (TPSA) is 61.9 Å². The number of anilines is 1. The number of rotatable bonds is 2. The number of piperidine rings is 1. The Hall–Kier alpha value is -1.71. The standard InChI is InChI=1S/C14H21N3O/c1-10-6-5-8-12(14(15)16-18)13(10)17-9-4-3-7-11(17)2/h5-6,8,11,18H,3-4,7,9H2,1-2H3,(H2,15,16). The molecule has 1 aliphatic rings. The van der Waals surface area contributed by atoms with E-state index in [1.54, 1.807) is 0 Å². The van der Waals surface area contributed by atoms with Crippen LogP contribution < -0.4 is 10.6 Å². The van der Waals surface area contributed by atoms with Crippen molar-refractivity contribution in [2.24, 2.45) is 10.9 Å². The number of amidine groups is 1. The van der Waals surface area contributed by atoms with Crippen LogP contribution in [0.5, 0.6) is 0 Å². The third kappa shape index (κ3) is 2.28. The number of hydrogen-bond donors (Lipinski definition) is 2. The Kier molecular flexibility index (Phi) is 3.75. The summed E-state index contributed by atoms with van der Waals surface area (Å²) >= 11 is 0. The highest BCUT2D eigenvalue weighted by Crippen LogP contribution is 2.30. The van der Waals surface area contributed by atoms with Gasteiger partial charge < -0.3 is 15.8 Å². The van der Waals surface area contributed by atoms with Crippen LogP contribution in [0.2, 0.25) is 0 Å². The number of oxime groups is 1. The van der Waals surface area contributed by atoms with Crippen LogP contribution in [0.1, 0.15) is 37.3 Å². The molecule has 1 aliphatic heterocycles. The molecule has 1 heterocycles. The van der Waals surface area contributed by atoms with Crippen molar-refractivity contribution in [3.63, 3.8) is 0 Å². The molecule has 18 heavy (non-hydrogen) atoms. The summed E-state index contributed by atoms with van der Waals surface area (Å²) in [5, 5.41) is 12.1. The van der Waals surface area contributed by atoms with Crippen LogP contribution in [0.25, 0.3) is 0 Å². The first-order valence-corrected chi connectivity index (χ1v) is 6.49. The van der Waals surface area contributed by atoms with Crippen LogP contribution in [-0.4, -0.2) is 23.6 Å². The fraction of sp³-hybridized carbons (Fsp3) is 0.500. The summed E-state index contributed by atoms with van der Waals surface area (Å²) in [6, 6.07) is 6.44. The Labute approximate surface area is 108 Å². The normalized spacial score (nSPS) is 21.1.